The maximum atomic E-state index is 6.03. The van der Waals surface area contributed by atoms with Crippen molar-refractivity contribution in [2.45, 2.75) is 44.6 Å². The molecule has 2 nitrogen and oxygen atoms in total. The Labute approximate surface area is 111 Å². The van der Waals surface area contributed by atoms with E-state index in [2.05, 4.69) is 43.1 Å². The zero-order valence-corrected chi connectivity index (χ0v) is 11.7. The Balaban J connectivity index is 2.15. The number of nitrogens with zero attached hydrogens (tertiary/aromatic N) is 1. The molecule has 0 amide bonds. The van der Waals surface area contributed by atoms with Crippen LogP contribution in [0.5, 0.6) is 0 Å². The van der Waals surface area contributed by atoms with Gasteiger partial charge in [0.15, 0.2) is 0 Å². The van der Waals surface area contributed by atoms with Crippen LogP contribution in [0.25, 0.3) is 0 Å². The molecule has 0 radical (unpaired) electrons. The molecular weight excluding hydrogens is 220 g/mol. The smallest absolute Gasteiger partial charge is 0.0470 e. The summed E-state index contributed by atoms with van der Waals surface area (Å²) in [5.74, 6) is 0.801. The molecule has 2 N–H and O–H groups in total. The number of hydrogen-bond donors (Lipinski definition) is 1. The van der Waals surface area contributed by atoms with Gasteiger partial charge in [-0.1, -0.05) is 37.6 Å². The number of hydrogen-bond acceptors (Lipinski definition) is 2. The topological polar surface area (TPSA) is 29.3 Å². The van der Waals surface area contributed by atoms with Gasteiger partial charge in [-0.3, -0.25) is 4.90 Å². The first kappa shape index (κ1) is 13.6. The van der Waals surface area contributed by atoms with Crippen molar-refractivity contribution in [1.82, 2.24) is 4.90 Å². The molecule has 1 atom stereocenters. The minimum atomic E-state index is 0.383. The summed E-state index contributed by atoms with van der Waals surface area (Å²) in [6.07, 6.45) is 5.20. The Kier molecular flexibility index (Phi) is 4.79. The van der Waals surface area contributed by atoms with Crippen molar-refractivity contribution in [3.63, 3.8) is 0 Å². The van der Waals surface area contributed by atoms with Gasteiger partial charge >= 0.3 is 0 Å². The number of nitrogens with two attached hydrogens (primary N) is 1. The zero-order chi connectivity index (χ0) is 13.0. The highest BCUT2D eigenvalue weighted by Gasteiger charge is 2.28. The third-order valence-electron chi connectivity index (χ3n) is 3.99. The third-order valence-corrected chi connectivity index (χ3v) is 3.99. The molecule has 1 aliphatic rings. The van der Waals surface area contributed by atoms with Crippen LogP contribution in [0, 0.1) is 0 Å². The summed E-state index contributed by atoms with van der Waals surface area (Å²) < 4.78 is 0. The van der Waals surface area contributed by atoms with Crippen LogP contribution in [-0.2, 0) is 0 Å². The van der Waals surface area contributed by atoms with Gasteiger partial charge in [0.25, 0.3) is 0 Å². The van der Waals surface area contributed by atoms with Gasteiger partial charge in [0.1, 0.15) is 0 Å². The molecule has 0 aliphatic heterocycles. The molecule has 1 aromatic rings. The van der Waals surface area contributed by atoms with Crippen molar-refractivity contribution in [3.05, 3.63) is 35.4 Å². The van der Waals surface area contributed by atoms with Crippen molar-refractivity contribution < 1.29 is 0 Å². The molecule has 100 valence electrons. The van der Waals surface area contributed by atoms with Gasteiger partial charge in [0, 0.05) is 12.6 Å². The number of likely N-dealkylation sites (N-methyl/N-ethyl adjacent to an activating group) is 1. The lowest BCUT2D eigenvalue weighted by molar-refractivity contribution is 0.245. The van der Waals surface area contributed by atoms with E-state index in [1.54, 1.807) is 0 Å². The second kappa shape index (κ2) is 6.35. The standard InChI is InChI=1S/C16H26N2/c1-3-4-11-18(2)16(12-17)15-8-6-5-7-14(15)13-9-10-13/h5-8,13,16H,3-4,9-12,17H2,1-2H3. The van der Waals surface area contributed by atoms with E-state index in [1.165, 1.54) is 36.8 Å². The molecule has 0 saturated heterocycles. The van der Waals surface area contributed by atoms with E-state index in [0.29, 0.717) is 12.6 Å². The largest absolute Gasteiger partial charge is 0.329 e. The van der Waals surface area contributed by atoms with Gasteiger partial charge in [0.05, 0.1) is 0 Å². The second-order valence-electron chi connectivity index (χ2n) is 5.49. The van der Waals surface area contributed by atoms with Gasteiger partial charge < -0.3 is 5.73 Å². The van der Waals surface area contributed by atoms with Crippen molar-refractivity contribution in [2.24, 2.45) is 5.73 Å². The highest BCUT2D eigenvalue weighted by molar-refractivity contribution is 5.35. The van der Waals surface area contributed by atoms with Gasteiger partial charge in [-0.25, -0.2) is 0 Å². The summed E-state index contributed by atoms with van der Waals surface area (Å²) in [7, 11) is 2.21. The summed E-state index contributed by atoms with van der Waals surface area (Å²) in [6, 6.07) is 9.26. The van der Waals surface area contributed by atoms with E-state index < -0.39 is 0 Å². The van der Waals surface area contributed by atoms with Crippen LogP contribution < -0.4 is 5.73 Å². The minimum absolute atomic E-state index is 0.383. The summed E-state index contributed by atoms with van der Waals surface area (Å²) in [5, 5.41) is 0. The van der Waals surface area contributed by atoms with Crippen molar-refractivity contribution in [2.75, 3.05) is 20.1 Å². The van der Waals surface area contributed by atoms with E-state index >= 15 is 0 Å². The second-order valence-corrected chi connectivity index (χ2v) is 5.49. The predicted molar refractivity (Wildman–Crippen MR) is 77.8 cm³/mol. The fraction of sp³-hybridized carbons (Fsp3) is 0.625. The van der Waals surface area contributed by atoms with E-state index in [0.717, 1.165) is 12.5 Å². The average Bonchev–Trinajstić information content (AvgIpc) is 3.22. The van der Waals surface area contributed by atoms with Gasteiger partial charge in [-0.05, 0) is 49.9 Å². The highest BCUT2D eigenvalue weighted by atomic mass is 15.1. The van der Waals surface area contributed by atoms with Crippen LogP contribution in [0.3, 0.4) is 0 Å². The fourth-order valence-corrected chi connectivity index (χ4v) is 2.69. The van der Waals surface area contributed by atoms with E-state index in [9.17, 15) is 0 Å². The summed E-state index contributed by atoms with van der Waals surface area (Å²) >= 11 is 0. The molecule has 2 heteroatoms. The van der Waals surface area contributed by atoms with E-state index in [-0.39, 0.29) is 0 Å². The lowest BCUT2D eigenvalue weighted by Crippen LogP contribution is -2.32. The molecule has 0 aromatic heterocycles. The van der Waals surface area contributed by atoms with E-state index in [4.69, 9.17) is 5.73 Å². The van der Waals surface area contributed by atoms with Crippen LogP contribution in [0.2, 0.25) is 0 Å². The van der Waals surface area contributed by atoms with Crippen LogP contribution in [0.15, 0.2) is 24.3 Å². The lowest BCUT2D eigenvalue weighted by atomic mass is 9.96. The minimum Gasteiger partial charge on any atom is -0.329 e. The molecule has 2 rings (SSSR count). The molecule has 1 saturated carbocycles. The highest BCUT2D eigenvalue weighted by Crippen LogP contribution is 2.43. The summed E-state index contributed by atoms with van der Waals surface area (Å²) in [5.41, 5.74) is 9.02. The first-order chi connectivity index (χ1) is 8.77. The quantitative estimate of drug-likeness (QED) is 0.800. The Morgan fingerprint density at radius 1 is 1.33 bits per heavy atom. The normalized spacial score (nSPS) is 17.1. The first-order valence-corrected chi connectivity index (χ1v) is 7.27. The molecule has 1 fully saturated rings. The van der Waals surface area contributed by atoms with Crippen LogP contribution in [0.1, 0.15) is 55.7 Å². The van der Waals surface area contributed by atoms with Crippen LogP contribution >= 0.6 is 0 Å². The SMILES string of the molecule is CCCCN(C)C(CN)c1ccccc1C1CC1. The van der Waals surface area contributed by atoms with Gasteiger partial charge in [-0.2, -0.15) is 0 Å². The Morgan fingerprint density at radius 3 is 2.67 bits per heavy atom. The molecule has 0 heterocycles. The molecule has 18 heavy (non-hydrogen) atoms. The Hall–Kier alpha value is -0.860. The van der Waals surface area contributed by atoms with Crippen molar-refractivity contribution >= 4 is 0 Å². The van der Waals surface area contributed by atoms with Gasteiger partial charge in [-0.15, -0.1) is 0 Å². The first-order valence-electron chi connectivity index (χ1n) is 7.27. The van der Waals surface area contributed by atoms with Crippen molar-refractivity contribution in [1.29, 1.82) is 0 Å². The van der Waals surface area contributed by atoms with E-state index in [1.807, 2.05) is 0 Å². The monoisotopic (exact) mass is 246 g/mol. The summed E-state index contributed by atoms with van der Waals surface area (Å²) in [6.45, 7) is 4.09. The number of benzene rings is 1. The molecule has 0 spiro atoms. The molecule has 1 aromatic carbocycles. The zero-order valence-electron chi connectivity index (χ0n) is 11.7. The maximum absolute atomic E-state index is 6.03. The molecule has 0 bridgehead atoms. The maximum Gasteiger partial charge on any atom is 0.0470 e. The average molecular weight is 246 g/mol. The van der Waals surface area contributed by atoms with Crippen LogP contribution in [-0.4, -0.2) is 25.0 Å². The molecule has 1 unspecified atom stereocenters. The van der Waals surface area contributed by atoms with Gasteiger partial charge in [0.2, 0.25) is 0 Å². The molecule has 1 aliphatic carbocycles. The Bertz CT molecular complexity index is 371. The summed E-state index contributed by atoms with van der Waals surface area (Å²) in [4.78, 5) is 2.42. The molecular formula is C16H26N2. The fourth-order valence-electron chi connectivity index (χ4n) is 2.69. The van der Waals surface area contributed by atoms with Crippen LogP contribution in [0.4, 0.5) is 0 Å². The number of rotatable bonds is 7. The Morgan fingerprint density at radius 2 is 2.06 bits per heavy atom. The number of unbranched alkanes of at least 4 members (excludes halogenated alkanes) is 1. The predicted octanol–water partition coefficient (Wildman–Crippen LogP) is 3.30. The van der Waals surface area contributed by atoms with Crippen molar-refractivity contribution in [3.8, 4) is 0 Å². The lowest BCUT2D eigenvalue weighted by Gasteiger charge is -2.29. The third kappa shape index (κ3) is 3.12.